The average molecular weight is 753 g/mol. The molecule has 9 rings (SSSR count). The van der Waals surface area contributed by atoms with Gasteiger partial charge in [0, 0.05) is 24.9 Å². The number of fused-ring (bicyclic) bond motifs is 4. The molecular weight excluding hydrogens is 696 g/mol. The molecular formula is C36H56N12O6. The number of nitrogen functional groups attached to an aromatic ring is 2. The monoisotopic (exact) mass is 752 g/mol. The van der Waals surface area contributed by atoms with Crippen molar-refractivity contribution in [3.8, 4) is 0 Å². The molecule has 2 spiro atoms. The molecule has 18 nitrogen and oxygen atoms in total. The highest BCUT2D eigenvalue weighted by Gasteiger charge is 2.73. The molecule has 2 saturated carbocycles. The van der Waals surface area contributed by atoms with Crippen LogP contribution in [0.4, 0.5) is 11.6 Å². The van der Waals surface area contributed by atoms with Gasteiger partial charge >= 0.3 is 0 Å². The molecule has 0 bridgehead atoms. The maximum absolute atomic E-state index is 10.6. The maximum Gasteiger partial charge on any atom is 0.167 e. The van der Waals surface area contributed by atoms with Crippen molar-refractivity contribution in [3.63, 3.8) is 0 Å². The second-order valence-electron chi connectivity index (χ2n) is 15.9. The summed E-state index contributed by atoms with van der Waals surface area (Å²) < 4.78 is 29.0. The molecule has 0 radical (unpaired) electrons. The molecule has 7 heterocycles. The largest absolute Gasteiger partial charge is 0.387 e. The number of imidazole rings is 2. The molecule has 18 heteroatoms. The van der Waals surface area contributed by atoms with Gasteiger partial charge in [0.2, 0.25) is 0 Å². The van der Waals surface area contributed by atoms with Crippen LogP contribution in [0, 0.1) is 11.8 Å². The zero-order valence-electron chi connectivity index (χ0n) is 31.2. The average Bonchev–Trinajstić information content (AvgIpc) is 3.54. The van der Waals surface area contributed by atoms with E-state index in [9.17, 15) is 10.2 Å². The Balaban J connectivity index is 0.000000165. The lowest BCUT2D eigenvalue weighted by atomic mass is 10.1. The van der Waals surface area contributed by atoms with Crippen molar-refractivity contribution >= 4 is 34.0 Å². The highest BCUT2D eigenvalue weighted by Crippen LogP contribution is 2.62. The molecule has 0 aromatic carbocycles. The van der Waals surface area contributed by atoms with Gasteiger partial charge in [0.15, 0.2) is 41.2 Å². The Hall–Kier alpha value is -3.62. The molecule has 10 atom stereocenters. The van der Waals surface area contributed by atoms with Crippen molar-refractivity contribution in [2.45, 2.75) is 115 Å². The number of aliphatic hydroxyl groups excluding tert-OH is 2. The number of aromatic nitrogens is 8. The summed E-state index contributed by atoms with van der Waals surface area (Å²) >= 11 is 0. The lowest BCUT2D eigenvalue weighted by molar-refractivity contribution is -0.203. The summed E-state index contributed by atoms with van der Waals surface area (Å²) in [6.07, 6.45) is 6.56. The smallest absolute Gasteiger partial charge is 0.167 e. The Morgan fingerprint density at radius 1 is 0.741 bits per heavy atom. The topological polar surface area (TPSA) is 223 Å². The molecule has 2 aliphatic carbocycles. The Morgan fingerprint density at radius 2 is 1.24 bits per heavy atom. The number of rotatable bonds is 10. The summed E-state index contributed by atoms with van der Waals surface area (Å²) in [5, 5.41) is 21.2. The van der Waals surface area contributed by atoms with Gasteiger partial charge in [-0.25, -0.2) is 29.9 Å². The first-order chi connectivity index (χ1) is 25.3. The van der Waals surface area contributed by atoms with Crippen molar-refractivity contribution in [1.82, 2.24) is 48.8 Å². The molecule has 2 unspecified atom stereocenters. The maximum atomic E-state index is 10.6. The van der Waals surface area contributed by atoms with Crippen LogP contribution in [0.2, 0.25) is 0 Å². The van der Waals surface area contributed by atoms with E-state index >= 15 is 0 Å². The number of ether oxygens (including phenoxy) is 4. The lowest BCUT2D eigenvalue weighted by Gasteiger charge is -2.26. The summed E-state index contributed by atoms with van der Waals surface area (Å²) in [5.74, 6) is 0.623. The van der Waals surface area contributed by atoms with Crippen LogP contribution < -0.4 is 11.5 Å². The minimum absolute atomic E-state index is 0. The summed E-state index contributed by atoms with van der Waals surface area (Å²) in [6, 6.07) is 0. The Kier molecular flexibility index (Phi) is 10.1. The minimum Gasteiger partial charge on any atom is -0.387 e. The van der Waals surface area contributed by atoms with Crippen molar-refractivity contribution in [1.29, 1.82) is 0 Å². The third-order valence-electron chi connectivity index (χ3n) is 11.5. The van der Waals surface area contributed by atoms with Crippen molar-refractivity contribution in [2.75, 3.05) is 51.7 Å². The fourth-order valence-corrected chi connectivity index (χ4v) is 8.88. The van der Waals surface area contributed by atoms with E-state index in [1.165, 1.54) is 19.0 Å². The summed E-state index contributed by atoms with van der Waals surface area (Å²) in [7, 11) is 4.23. The van der Waals surface area contributed by atoms with Gasteiger partial charge in [-0.3, -0.25) is 9.13 Å². The van der Waals surface area contributed by atoms with Gasteiger partial charge in [-0.2, -0.15) is 0 Å². The molecule has 54 heavy (non-hydrogen) atoms. The molecule has 6 N–H and O–H groups in total. The van der Waals surface area contributed by atoms with Gasteiger partial charge in [-0.05, 0) is 66.7 Å². The van der Waals surface area contributed by atoms with Gasteiger partial charge in [-0.15, -0.1) is 0 Å². The predicted octanol–water partition coefficient (Wildman–Crippen LogP) is 1.95. The third kappa shape index (κ3) is 6.39. The number of nitrogens with zero attached hydrogens (tertiary/aromatic N) is 10. The highest BCUT2D eigenvalue weighted by molar-refractivity contribution is 5.81. The zero-order chi connectivity index (χ0) is 37.4. The molecule has 4 aromatic rings. The second kappa shape index (κ2) is 14.1. The van der Waals surface area contributed by atoms with Crippen molar-refractivity contribution in [2.24, 2.45) is 11.8 Å². The van der Waals surface area contributed by atoms with Gasteiger partial charge in [0.05, 0.1) is 12.7 Å². The normalized spacial score (nSPS) is 34.6. The number of anilines is 2. The van der Waals surface area contributed by atoms with Crippen LogP contribution in [-0.4, -0.2) is 141 Å². The Morgan fingerprint density at radius 3 is 1.80 bits per heavy atom. The molecule has 3 aliphatic heterocycles. The van der Waals surface area contributed by atoms with Crippen molar-refractivity contribution in [3.05, 3.63) is 25.3 Å². The first-order valence-corrected chi connectivity index (χ1v) is 18.6. The molecule has 3 saturated heterocycles. The summed E-state index contributed by atoms with van der Waals surface area (Å²) in [6.45, 7) is 12.2. The van der Waals surface area contributed by atoms with E-state index in [1.807, 2.05) is 18.4 Å². The fourth-order valence-electron chi connectivity index (χ4n) is 8.88. The number of hydrogen-bond donors (Lipinski definition) is 4. The molecule has 4 aromatic heterocycles. The lowest BCUT2D eigenvalue weighted by Crippen LogP contribution is -2.35. The van der Waals surface area contributed by atoms with Crippen molar-refractivity contribution < 1.29 is 29.2 Å². The van der Waals surface area contributed by atoms with Gasteiger partial charge in [0.25, 0.3) is 0 Å². The predicted molar refractivity (Wildman–Crippen MR) is 200 cm³/mol. The van der Waals surface area contributed by atoms with Gasteiger partial charge in [0.1, 0.15) is 59.3 Å². The van der Waals surface area contributed by atoms with Crippen LogP contribution in [0.5, 0.6) is 0 Å². The third-order valence-corrected chi connectivity index (χ3v) is 11.5. The van der Waals surface area contributed by atoms with Crippen LogP contribution in [0.3, 0.4) is 0 Å². The minimum atomic E-state index is -1.05. The van der Waals surface area contributed by atoms with Crippen LogP contribution >= 0.6 is 0 Å². The van der Waals surface area contributed by atoms with Gasteiger partial charge < -0.3 is 50.4 Å². The summed E-state index contributed by atoms with van der Waals surface area (Å²) in [4.78, 5) is 29.7. The Labute approximate surface area is 315 Å². The van der Waals surface area contributed by atoms with Crippen LogP contribution in [-0.2, 0) is 18.9 Å². The van der Waals surface area contributed by atoms with E-state index in [2.05, 4.69) is 67.6 Å². The molecule has 5 aliphatic rings. The quantitative estimate of drug-likeness (QED) is 0.182. The number of nitrogens with two attached hydrogens (primary N) is 2. The van der Waals surface area contributed by atoms with E-state index in [-0.39, 0.29) is 43.2 Å². The molecule has 5 fully saturated rings. The Bertz CT molecular complexity index is 1960. The summed E-state index contributed by atoms with van der Waals surface area (Å²) in [5.41, 5.74) is 12.9. The van der Waals surface area contributed by atoms with E-state index in [1.54, 1.807) is 10.9 Å². The van der Waals surface area contributed by atoms with Crippen LogP contribution in [0.1, 0.15) is 73.3 Å². The van der Waals surface area contributed by atoms with Crippen LogP contribution in [0.25, 0.3) is 22.3 Å². The van der Waals surface area contributed by atoms with E-state index in [4.69, 9.17) is 30.4 Å². The first-order valence-electron chi connectivity index (χ1n) is 18.6. The number of aliphatic hydroxyl groups is 2. The highest BCUT2D eigenvalue weighted by atomic mass is 16.8. The van der Waals surface area contributed by atoms with E-state index in [0.29, 0.717) is 34.1 Å². The first kappa shape index (κ1) is 38.6. The fraction of sp³-hybridized carbons (Fsp3) is 0.722. The zero-order valence-corrected chi connectivity index (χ0v) is 31.2. The SMILES string of the molecule is C.CCCN(C)C[C@H]1C[C@]12O[C@@H](n1cnc3c(N)ncnc31)C(O)[C@H]2O.CCCN(C)C[C@H]1C[C@]12O[C@@H](n1cnc3c(N)ncnc31)C1OC(C)(C)O[C@H]12. The van der Waals surface area contributed by atoms with E-state index < -0.39 is 29.8 Å². The second-order valence-corrected chi connectivity index (χ2v) is 15.9. The van der Waals surface area contributed by atoms with Crippen LogP contribution in [0.15, 0.2) is 25.3 Å². The number of hydrogen-bond acceptors (Lipinski definition) is 16. The van der Waals surface area contributed by atoms with Gasteiger partial charge in [-0.1, -0.05) is 21.3 Å². The molecule has 0 amide bonds. The van der Waals surface area contributed by atoms with E-state index in [0.717, 1.165) is 51.9 Å². The molecule has 296 valence electrons. The standard InChI is InChI=1S/C19H28N6O3.C16H24N6O3.CH4/c1-5-6-24(4)8-11-7-19(11)14-13(26-18(2,3)27-14)17(28-19)25-10-23-12-15(20)21-9-22-16(12)25;1-3-4-21(2)6-9-5-16(9)12(24)11(23)15(25-16)22-8-20-10-13(17)18-7-19-14(10)22;/h9-11,13-14,17H,5-8H2,1-4H3,(H2,20,21,22);7-9,11-12,15,23-24H,3-6H2,1-2H3,(H2,17,18,19);1H4/t11-,13?,14-,17-,19+;9-,11?,12-,15-,16+;/m11./s1.